The Morgan fingerprint density at radius 2 is 1.05 bits per heavy atom. The highest BCUT2D eigenvalue weighted by Gasteiger charge is 2.66. The fraction of sp³-hybridized carbons (Fsp3) is 1.00. The Morgan fingerprint density at radius 1 is 0.682 bits per heavy atom. The standard InChI is InChI=1S/C16H42OSi5/c1-18(2,3)16(19(4,5)6)14-13-15-22(17-16,20(7,8)9)21(10,11)12/h13-15H2,1-12H3. The van der Waals surface area contributed by atoms with E-state index in [1.807, 2.05) is 0 Å². The smallest absolute Gasteiger partial charge is 0.167 e. The Balaban J connectivity index is 3.57. The molecular formula is C16H42OSi5. The first kappa shape index (κ1) is 21.1. The first-order chi connectivity index (χ1) is 9.41. The fourth-order valence-corrected chi connectivity index (χ4v) is 62.2. The molecule has 1 rings (SSSR count). The predicted molar refractivity (Wildman–Crippen MR) is 117 cm³/mol. The van der Waals surface area contributed by atoms with Crippen molar-refractivity contribution >= 4 is 38.7 Å². The molecule has 0 aromatic carbocycles. The molecule has 0 spiro atoms. The number of hydrogen-bond acceptors (Lipinski definition) is 1. The molecule has 0 atom stereocenters. The van der Waals surface area contributed by atoms with E-state index in [2.05, 4.69) is 78.6 Å². The largest absolute Gasteiger partial charge is 0.423 e. The monoisotopic (exact) mass is 390 g/mol. The summed E-state index contributed by atoms with van der Waals surface area (Å²) in [6, 6.07) is 1.47. The van der Waals surface area contributed by atoms with Crippen LogP contribution in [0.2, 0.25) is 84.6 Å². The number of hydrogen-bond donors (Lipinski definition) is 0. The molecule has 1 heterocycles. The molecule has 0 N–H and O–H groups in total. The second-order valence-electron chi connectivity index (χ2n) is 11.6. The molecule has 1 aliphatic rings. The molecule has 0 amide bonds. The molecule has 6 heteroatoms. The second kappa shape index (κ2) is 5.80. The van der Waals surface area contributed by atoms with Crippen LogP contribution in [0.15, 0.2) is 0 Å². The molecule has 0 radical (unpaired) electrons. The second-order valence-corrected chi connectivity index (χ2v) is 49.4. The van der Waals surface area contributed by atoms with Gasteiger partial charge in [0, 0.05) is 4.85 Å². The van der Waals surface area contributed by atoms with Crippen LogP contribution in [0.3, 0.4) is 0 Å². The average molecular weight is 391 g/mol. The summed E-state index contributed by atoms with van der Waals surface area (Å²) in [5.41, 5.74) is 0. The van der Waals surface area contributed by atoms with Gasteiger partial charge in [-0.1, -0.05) is 85.0 Å². The van der Waals surface area contributed by atoms with Gasteiger partial charge < -0.3 is 4.43 Å². The van der Waals surface area contributed by atoms with E-state index >= 15 is 0 Å². The van der Waals surface area contributed by atoms with Crippen LogP contribution < -0.4 is 0 Å². The summed E-state index contributed by atoms with van der Waals surface area (Å²) in [5.74, 6) is 0. The molecule has 0 saturated carbocycles. The summed E-state index contributed by atoms with van der Waals surface area (Å²) in [6.07, 6.45) is 2.82. The Hall–Kier alpha value is 1.04. The highest BCUT2D eigenvalue weighted by atomic mass is 29.7. The van der Waals surface area contributed by atoms with Gasteiger partial charge in [-0.3, -0.25) is 0 Å². The molecule has 0 aliphatic carbocycles. The Labute approximate surface area is 145 Å². The zero-order valence-corrected chi connectivity index (χ0v) is 22.5. The lowest BCUT2D eigenvalue weighted by Gasteiger charge is -2.64. The van der Waals surface area contributed by atoms with E-state index in [1.54, 1.807) is 0 Å². The number of rotatable bonds is 4. The molecule has 0 unspecified atom stereocenters. The average Bonchev–Trinajstić information content (AvgIpc) is 2.22. The van der Waals surface area contributed by atoms with Crippen LogP contribution in [0.5, 0.6) is 0 Å². The molecule has 1 saturated heterocycles. The van der Waals surface area contributed by atoms with Gasteiger partial charge in [0.25, 0.3) is 0 Å². The Bertz CT molecular complexity index is 340. The Morgan fingerprint density at radius 3 is 1.32 bits per heavy atom. The van der Waals surface area contributed by atoms with Crippen LogP contribution in [0, 0.1) is 0 Å². The lowest BCUT2D eigenvalue weighted by molar-refractivity contribution is 0.184. The van der Waals surface area contributed by atoms with Gasteiger partial charge in [-0.05, 0) is 12.5 Å². The molecule has 1 nitrogen and oxygen atoms in total. The topological polar surface area (TPSA) is 9.23 Å². The maximum atomic E-state index is 7.71. The van der Waals surface area contributed by atoms with E-state index in [1.165, 1.54) is 18.9 Å². The molecular weight excluding hydrogens is 349 g/mol. The van der Waals surface area contributed by atoms with Crippen molar-refractivity contribution in [1.82, 2.24) is 0 Å². The van der Waals surface area contributed by atoms with Gasteiger partial charge in [0.05, 0.1) is 31.3 Å². The molecule has 0 aromatic rings. The van der Waals surface area contributed by atoms with Gasteiger partial charge in [0.1, 0.15) is 0 Å². The lowest BCUT2D eigenvalue weighted by Crippen LogP contribution is -2.82. The minimum Gasteiger partial charge on any atom is -0.423 e. The zero-order valence-electron chi connectivity index (χ0n) is 17.5. The maximum absolute atomic E-state index is 7.71. The highest BCUT2D eigenvalue weighted by Crippen LogP contribution is 2.50. The van der Waals surface area contributed by atoms with Crippen LogP contribution in [0.1, 0.15) is 12.8 Å². The van der Waals surface area contributed by atoms with Gasteiger partial charge in [0.2, 0.25) is 0 Å². The summed E-state index contributed by atoms with van der Waals surface area (Å²) in [6.45, 7) is 31.3. The normalized spacial score (nSPS) is 23.5. The van der Waals surface area contributed by atoms with Crippen molar-refractivity contribution in [2.75, 3.05) is 0 Å². The van der Waals surface area contributed by atoms with Crippen LogP contribution >= 0.6 is 0 Å². The van der Waals surface area contributed by atoms with E-state index in [0.717, 1.165) is 0 Å². The summed E-state index contributed by atoms with van der Waals surface area (Å²) in [7, 11) is -6.86. The lowest BCUT2D eigenvalue weighted by atomic mass is 10.3. The van der Waals surface area contributed by atoms with Crippen molar-refractivity contribution in [3.63, 3.8) is 0 Å². The van der Waals surface area contributed by atoms with Gasteiger partial charge in [0.15, 0.2) is 7.35 Å². The third-order valence-corrected chi connectivity index (χ3v) is 53.5. The van der Waals surface area contributed by atoms with Gasteiger partial charge in [-0.25, -0.2) is 0 Å². The van der Waals surface area contributed by atoms with E-state index in [4.69, 9.17) is 4.43 Å². The van der Waals surface area contributed by atoms with Gasteiger partial charge >= 0.3 is 0 Å². The SMILES string of the molecule is C[Si](C)(C)C1([Si](C)(C)C)CCC[Si]([Si](C)(C)C)([Si](C)(C)C)O1. The van der Waals surface area contributed by atoms with Crippen molar-refractivity contribution in [3.05, 3.63) is 0 Å². The van der Waals surface area contributed by atoms with E-state index in [0.29, 0.717) is 4.85 Å². The minimum atomic E-state index is -1.59. The maximum Gasteiger partial charge on any atom is 0.167 e. The molecule has 132 valence electrons. The third-order valence-electron chi connectivity index (χ3n) is 6.25. The quantitative estimate of drug-likeness (QED) is 0.529. The molecule has 1 aliphatic heterocycles. The van der Waals surface area contributed by atoms with Crippen LogP contribution in [0.25, 0.3) is 0 Å². The molecule has 1 fully saturated rings. The Kier molecular flexibility index (Phi) is 5.55. The van der Waals surface area contributed by atoms with Crippen LogP contribution in [-0.2, 0) is 4.43 Å². The predicted octanol–water partition coefficient (Wildman–Crippen LogP) is 6.07. The van der Waals surface area contributed by atoms with E-state index in [9.17, 15) is 0 Å². The molecule has 0 bridgehead atoms. The first-order valence-electron chi connectivity index (χ1n) is 9.12. The summed E-state index contributed by atoms with van der Waals surface area (Å²) in [5, 5.41) is 0. The van der Waals surface area contributed by atoms with Crippen molar-refractivity contribution in [3.8, 4) is 0 Å². The van der Waals surface area contributed by atoms with Crippen molar-refractivity contribution in [2.24, 2.45) is 0 Å². The summed E-state index contributed by atoms with van der Waals surface area (Å²) < 4.78 is 7.71. The van der Waals surface area contributed by atoms with Gasteiger partial charge in [-0.2, -0.15) is 0 Å². The summed E-state index contributed by atoms with van der Waals surface area (Å²) >= 11 is 0. The van der Waals surface area contributed by atoms with Crippen molar-refractivity contribution < 1.29 is 4.43 Å². The molecule has 22 heavy (non-hydrogen) atoms. The van der Waals surface area contributed by atoms with E-state index < -0.39 is 38.7 Å². The fourth-order valence-electron chi connectivity index (χ4n) is 5.35. The zero-order chi connectivity index (χ0) is 17.8. The van der Waals surface area contributed by atoms with E-state index in [-0.39, 0.29) is 0 Å². The molecule has 0 aromatic heterocycles. The minimum absolute atomic E-state index is 0.311. The van der Waals surface area contributed by atoms with Crippen molar-refractivity contribution in [2.45, 2.75) is 102 Å². The third kappa shape index (κ3) is 3.25. The first-order valence-corrected chi connectivity index (χ1v) is 27.2. The van der Waals surface area contributed by atoms with Crippen LogP contribution in [-0.4, -0.2) is 43.5 Å². The van der Waals surface area contributed by atoms with Crippen molar-refractivity contribution in [1.29, 1.82) is 0 Å². The van der Waals surface area contributed by atoms with Gasteiger partial charge in [-0.15, -0.1) is 0 Å². The summed E-state index contributed by atoms with van der Waals surface area (Å²) in [4.78, 5) is 0.311. The highest BCUT2D eigenvalue weighted by molar-refractivity contribution is 7.66. The van der Waals surface area contributed by atoms with Crippen LogP contribution in [0.4, 0.5) is 0 Å².